The second-order valence-electron chi connectivity index (χ2n) is 5.84. The van der Waals surface area contributed by atoms with Crippen LogP contribution in [0.1, 0.15) is 11.6 Å². The summed E-state index contributed by atoms with van der Waals surface area (Å²) in [6, 6.07) is 5.96. The lowest BCUT2D eigenvalue weighted by Crippen LogP contribution is -2.22. The highest BCUT2D eigenvalue weighted by Gasteiger charge is 2.25. The number of aliphatic carboxylic acids is 1. The summed E-state index contributed by atoms with van der Waals surface area (Å²) in [6.07, 6.45) is 1.01. The Kier molecular flexibility index (Phi) is 6.81. The molecule has 0 fully saturated rings. The molecule has 8 nitrogen and oxygen atoms in total. The number of carboxylic acids is 1. The molecule has 0 aliphatic carbocycles. The molecule has 2 aromatic carbocycles. The fraction of sp³-hybridized carbons (Fsp3) is 0.278. The standard InChI is InChI=1S/C18H20FNO7S/c1-26-13-8-12(9-14(10-13)28(2,24)25)20-17(18(22)23)15-4-3-11(19)7-16(15)27-6-5-21/h3-4,7-10,17,20-21H,5-6H2,1-2H3,(H,22,23). The Hall–Kier alpha value is -2.85. The average Bonchev–Trinajstić information content (AvgIpc) is 2.63. The van der Waals surface area contributed by atoms with E-state index in [9.17, 15) is 22.7 Å². The van der Waals surface area contributed by atoms with Crippen LogP contribution in [0.2, 0.25) is 0 Å². The number of carboxylic acid groups (broad SMARTS) is 1. The maximum absolute atomic E-state index is 13.6. The van der Waals surface area contributed by atoms with Gasteiger partial charge >= 0.3 is 5.97 Å². The molecule has 0 aliphatic rings. The van der Waals surface area contributed by atoms with Gasteiger partial charge in [0.1, 0.15) is 23.9 Å². The number of hydrogen-bond acceptors (Lipinski definition) is 7. The van der Waals surface area contributed by atoms with Gasteiger partial charge in [-0.15, -0.1) is 0 Å². The number of sulfone groups is 1. The molecule has 1 unspecified atom stereocenters. The van der Waals surface area contributed by atoms with E-state index in [2.05, 4.69) is 5.32 Å². The zero-order valence-corrected chi connectivity index (χ0v) is 16.0. The van der Waals surface area contributed by atoms with Gasteiger partial charge in [0.25, 0.3) is 0 Å². The van der Waals surface area contributed by atoms with E-state index in [0.717, 1.165) is 18.4 Å². The fourth-order valence-electron chi connectivity index (χ4n) is 2.45. The molecule has 0 aliphatic heterocycles. The monoisotopic (exact) mass is 413 g/mol. The molecule has 0 aromatic heterocycles. The van der Waals surface area contributed by atoms with Crippen molar-refractivity contribution >= 4 is 21.5 Å². The van der Waals surface area contributed by atoms with Crippen LogP contribution in [-0.4, -0.2) is 51.2 Å². The molecule has 2 rings (SSSR count). The summed E-state index contributed by atoms with van der Waals surface area (Å²) in [6.45, 7) is -0.491. The van der Waals surface area contributed by atoms with Gasteiger partial charge in [-0.3, -0.25) is 0 Å². The minimum Gasteiger partial charge on any atom is -0.497 e. The summed E-state index contributed by atoms with van der Waals surface area (Å²) < 4.78 is 47.6. The van der Waals surface area contributed by atoms with Crippen molar-refractivity contribution in [2.75, 3.05) is 31.9 Å². The number of aliphatic hydroxyl groups is 1. The number of nitrogens with one attached hydrogen (secondary N) is 1. The zero-order chi connectivity index (χ0) is 20.9. The smallest absolute Gasteiger partial charge is 0.330 e. The van der Waals surface area contributed by atoms with E-state index in [-0.39, 0.29) is 40.9 Å². The van der Waals surface area contributed by atoms with Gasteiger partial charge in [0.2, 0.25) is 0 Å². The van der Waals surface area contributed by atoms with Crippen LogP contribution in [0.5, 0.6) is 11.5 Å². The van der Waals surface area contributed by atoms with Crippen molar-refractivity contribution in [1.29, 1.82) is 0 Å². The van der Waals surface area contributed by atoms with Crippen LogP contribution in [-0.2, 0) is 14.6 Å². The normalized spacial score (nSPS) is 12.3. The maximum atomic E-state index is 13.6. The first kappa shape index (κ1) is 21.5. The lowest BCUT2D eigenvalue weighted by atomic mass is 10.0. The van der Waals surface area contributed by atoms with Gasteiger partial charge in [0.05, 0.1) is 18.6 Å². The first-order valence-electron chi connectivity index (χ1n) is 8.07. The van der Waals surface area contributed by atoms with E-state index in [0.29, 0.717) is 0 Å². The van der Waals surface area contributed by atoms with Crippen LogP contribution >= 0.6 is 0 Å². The molecule has 0 heterocycles. The number of benzene rings is 2. The summed E-state index contributed by atoms with van der Waals surface area (Å²) in [7, 11) is -2.23. The molecule has 0 saturated carbocycles. The molecule has 2 aromatic rings. The van der Waals surface area contributed by atoms with Gasteiger partial charge in [-0.25, -0.2) is 17.6 Å². The predicted molar refractivity (Wildman–Crippen MR) is 99.1 cm³/mol. The number of rotatable bonds is 9. The van der Waals surface area contributed by atoms with E-state index in [4.69, 9.17) is 14.6 Å². The number of anilines is 1. The average molecular weight is 413 g/mol. The highest BCUT2D eigenvalue weighted by molar-refractivity contribution is 7.90. The van der Waals surface area contributed by atoms with E-state index in [1.165, 1.54) is 31.4 Å². The van der Waals surface area contributed by atoms with Crippen LogP contribution in [0, 0.1) is 5.82 Å². The number of ether oxygens (including phenoxy) is 2. The molecule has 0 bridgehead atoms. The highest BCUT2D eigenvalue weighted by atomic mass is 32.2. The molecule has 10 heteroatoms. The minimum absolute atomic E-state index is 0.0554. The Morgan fingerprint density at radius 3 is 2.54 bits per heavy atom. The van der Waals surface area contributed by atoms with Gasteiger partial charge in [0.15, 0.2) is 15.9 Å². The van der Waals surface area contributed by atoms with E-state index in [1.54, 1.807) is 0 Å². The summed E-state index contributed by atoms with van der Waals surface area (Å²) in [5, 5.41) is 21.3. The minimum atomic E-state index is -3.57. The quantitative estimate of drug-likeness (QED) is 0.569. The third-order valence-corrected chi connectivity index (χ3v) is 4.83. The number of halogens is 1. The third kappa shape index (κ3) is 5.33. The Bertz CT molecular complexity index is 962. The van der Waals surface area contributed by atoms with E-state index in [1.807, 2.05) is 0 Å². The Morgan fingerprint density at radius 1 is 1.25 bits per heavy atom. The second-order valence-corrected chi connectivity index (χ2v) is 7.85. The van der Waals surface area contributed by atoms with Crippen LogP contribution in [0.3, 0.4) is 0 Å². The molecule has 0 saturated heterocycles. The molecular weight excluding hydrogens is 393 g/mol. The van der Waals surface area contributed by atoms with Crippen LogP contribution in [0.15, 0.2) is 41.3 Å². The first-order chi connectivity index (χ1) is 13.2. The van der Waals surface area contributed by atoms with Crippen molar-refractivity contribution in [1.82, 2.24) is 0 Å². The lowest BCUT2D eigenvalue weighted by molar-refractivity contribution is -0.138. The highest BCUT2D eigenvalue weighted by Crippen LogP contribution is 2.32. The molecule has 28 heavy (non-hydrogen) atoms. The number of methoxy groups -OCH3 is 1. The van der Waals surface area contributed by atoms with Crippen molar-refractivity contribution in [2.24, 2.45) is 0 Å². The van der Waals surface area contributed by atoms with Crippen molar-refractivity contribution in [3.05, 3.63) is 47.8 Å². The topological polar surface area (TPSA) is 122 Å². The molecular formula is C18H20FNO7S. The number of aliphatic hydroxyl groups excluding tert-OH is 1. The summed E-state index contributed by atoms with van der Waals surface area (Å²) in [5.74, 6) is -1.78. The molecule has 152 valence electrons. The molecule has 0 radical (unpaired) electrons. The van der Waals surface area contributed by atoms with Crippen molar-refractivity contribution in [3.63, 3.8) is 0 Å². The van der Waals surface area contributed by atoms with Gasteiger partial charge in [-0.1, -0.05) is 0 Å². The van der Waals surface area contributed by atoms with Crippen molar-refractivity contribution in [3.8, 4) is 11.5 Å². The SMILES string of the molecule is COc1cc(NC(C(=O)O)c2ccc(F)cc2OCCO)cc(S(C)(=O)=O)c1. The molecule has 3 N–H and O–H groups in total. The number of hydrogen-bond donors (Lipinski definition) is 3. The largest absolute Gasteiger partial charge is 0.497 e. The van der Waals surface area contributed by atoms with Gasteiger partial charge in [-0.05, 0) is 24.3 Å². The first-order valence-corrected chi connectivity index (χ1v) is 9.96. The lowest BCUT2D eigenvalue weighted by Gasteiger charge is -2.20. The Morgan fingerprint density at radius 2 is 1.96 bits per heavy atom. The molecule has 0 spiro atoms. The van der Waals surface area contributed by atoms with Crippen LogP contribution in [0.25, 0.3) is 0 Å². The Balaban J connectivity index is 2.49. The maximum Gasteiger partial charge on any atom is 0.330 e. The molecule has 1 atom stereocenters. The predicted octanol–water partition coefficient (Wildman–Crippen LogP) is 1.85. The van der Waals surface area contributed by atoms with Gasteiger partial charge in [0, 0.05) is 29.6 Å². The van der Waals surface area contributed by atoms with E-state index < -0.39 is 27.7 Å². The summed E-state index contributed by atoms with van der Waals surface area (Å²) in [5.41, 5.74) is 0.274. The van der Waals surface area contributed by atoms with Gasteiger partial charge < -0.3 is 25.0 Å². The number of carbonyl (C=O) groups is 1. The third-order valence-electron chi connectivity index (χ3n) is 3.74. The summed E-state index contributed by atoms with van der Waals surface area (Å²) >= 11 is 0. The molecule has 0 amide bonds. The van der Waals surface area contributed by atoms with Crippen LogP contribution < -0.4 is 14.8 Å². The van der Waals surface area contributed by atoms with E-state index >= 15 is 0 Å². The van der Waals surface area contributed by atoms with Gasteiger partial charge in [-0.2, -0.15) is 0 Å². The fourth-order valence-corrected chi connectivity index (χ4v) is 3.12. The second kappa shape index (κ2) is 8.89. The zero-order valence-electron chi connectivity index (χ0n) is 15.2. The van der Waals surface area contributed by atoms with Crippen molar-refractivity contribution in [2.45, 2.75) is 10.9 Å². The summed E-state index contributed by atoms with van der Waals surface area (Å²) in [4.78, 5) is 11.8. The Labute approximate surface area is 161 Å². The van der Waals surface area contributed by atoms with Crippen molar-refractivity contribution < 1.29 is 37.3 Å². The van der Waals surface area contributed by atoms with Crippen LogP contribution in [0.4, 0.5) is 10.1 Å².